The predicted octanol–water partition coefficient (Wildman–Crippen LogP) is 2.70. The van der Waals surface area contributed by atoms with Gasteiger partial charge >= 0.3 is 0 Å². The molecule has 2 aromatic carbocycles. The van der Waals surface area contributed by atoms with E-state index in [0.29, 0.717) is 0 Å². The maximum absolute atomic E-state index is 12.1. The zero-order valence-electron chi connectivity index (χ0n) is 9.68. The normalized spacial score (nSPS) is 10.7. The molecule has 0 amide bonds. The molecule has 1 aromatic heterocycles. The van der Waals surface area contributed by atoms with Gasteiger partial charge in [-0.3, -0.25) is 4.79 Å². The van der Waals surface area contributed by atoms with Gasteiger partial charge in [-0.05, 0) is 23.0 Å². The van der Waals surface area contributed by atoms with E-state index in [0.717, 1.165) is 27.5 Å². The minimum atomic E-state index is 0.0487. The second-order valence-corrected chi connectivity index (χ2v) is 4.88. The molecule has 1 unspecified atom stereocenters. The predicted molar refractivity (Wildman–Crippen MR) is 79.3 cm³/mol. The Hall–Kier alpha value is -1.92. The molecule has 0 fully saturated rings. The smallest absolute Gasteiger partial charge is 0.190 e. The summed E-state index contributed by atoms with van der Waals surface area (Å²) in [6.45, 7) is 0. The van der Waals surface area contributed by atoms with E-state index in [1.165, 1.54) is 0 Å². The van der Waals surface area contributed by atoms with E-state index in [9.17, 15) is 4.79 Å². The van der Waals surface area contributed by atoms with Crippen LogP contribution in [-0.2, 0) is 0 Å². The van der Waals surface area contributed by atoms with Crippen LogP contribution >= 0.6 is 9.24 Å². The number of benzene rings is 2. The Morgan fingerprint density at radius 2 is 1.72 bits per heavy atom. The summed E-state index contributed by atoms with van der Waals surface area (Å²) in [4.78, 5) is 15.4. The summed E-state index contributed by atoms with van der Waals surface area (Å²) in [5, 5.41) is 1.78. The Kier molecular flexibility index (Phi) is 2.73. The monoisotopic (exact) mass is 253 g/mol. The number of aromatic amines is 1. The molecular formula is C15H12NOP. The highest BCUT2D eigenvalue weighted by atomic mass is 31.0. The minimum absolute atomic E-state index is 0.0487. The van der Waals surface area contributed by atoms with Gasteiger partial charge in [0.25, 0.3) is 0 Å². The number of rotatable bonds is 1. The van der Waals surface area contributed by atoms with Crippen LogP contribution in [-0.4, -0.2) is 4.98 Å². The van der Waals surface area contributed by atoms with Gasteiger partial charge in [-0.1, -0.05) is 36.4 Å². The number of pyridine rings is 1. The molecule has 0 aliphatic carbocycles. The van der Waals surface area contributed by atoms with Gasteiger partial charge in [-0.25, -0.2) is 0 Å². The SMILES string of the molecule is O=c1cc(-c2ccccc2)[nH]c2cc(P)ccc12. The van der Waals surface area contributed by atoms with Crippen molar-refractivity contribution in [3.63, 3.8) is 0 Å². The molecule has 0 spiro atoms. The van der Waals surface area contributed by atoms with Gasteiger partial charge in [0, 0.05) is 17.1 Å². The van der Waals surface area contributed by atoms with Gasteiger partial charge in [0.15, 0.2) is 5.43 Å². The molecule has 1 heterocycles. The zero-order chi connectivity index (χ0) is 12.5. The first-order valence-corrected chi connectivity index (χ1v) is 6.30. The van der Waals surface area contributed by atoms with Gasteiger partial charge in [0.05, 0.1) is 5.52 Å². The Bertz CT molecular complexity index is 762. The summed E-state index contributed by atoms with van der Waals surface area (Å²) in [7, 11) is 2.64. The number of fused-ring (bicyclic) bond motifs is 1. The molecule has 3 rings (SSSR count). The quantitative estimate of drug-likeness (QED) is 0.664. The zero-order valence-corrected chi connectivity index (χ0v) is 10.8. The number of aromatic nitrogens is 1. The molecule has 3 aromatic rings. The van der Waals surface area contributed by atoms with E-state index in [4.69, 9.17) is 0 Å². The average molecular weight is 253 g/mol. The first-order valence-electron chi connectivity index (χ1n) is 5.72. The van der Waals surface area contributed by atoms with Crippen molar-refractivity contribution < 1.29 is 0 Å². The number of hydrogen-bond acceptors (Lipinski definition) is 1. The second kappa shape index (κ2) is 4.40. The van der Waals surface area contributed by atoms with E-state index >= 15 is 0 Å². The van der Waals surface area contributed by atoms with Crippen molar-refractivity contribution in [2.24, 2.45) is 0 Å². The van der Waals surface area contributed by atoms with Crippen molar-refractivity contribution >= 4 is 25.4 Å². The molecule has 0 saturated carbocycles. The number of H-pyrrole nitrogens is 1. The van der Waals surface area contributed by atoms with Gasteiger partial charge in [0.2, 0.25) is 0 Å². The standard InChI is InChI=1S/C15H12NOP/c17-15-9-13(10-4-2-1-3-5-10)16-14-8-11(18)6-7-12(14)15/h1-9H,18H2,(H,16,17). The third kappa shape index (κ3) is 1.96. The van der Waals surface area contributed by atoms with E-state index in [-0.39, 0.29) is 5.43 Å². The van der Waals surface area contributed by atoms with Crippen molar-refractivity contribution in [1.82, 2.24) is 4.98 Å². The first kappa shape index (κ1) is 11.2. The third-order valence-corrected chi connectivity index (χ3v) is 3.30. The van der Waals surface area contributed by atoms with Gasteiger partial charge < -0.3 is 4.98 Å². The van der Waals surface area contributed by atoms with Crippen LogP contribution in [0.3, 0.4) is 0 Å². The van der Waals surface area contributed by atoms with Crippen LogP contribution in [0.15, 0.2) is 59.4 Å². The van der Waals surface area contributed by atoms with Crippen molar-refractivity contribution in [3.05, 3.63) is 64.8 Å². The molecular weight excluding hydrogens is 241 g/mol. The van der Waals surface area contributed by atoms with Crippen LogP contribution in [0, 0.1) is 0 Å². The molecule has 0 aliphatic heterocycles. The van der Waals surface area contributed by atoms with Crippen LogP contribution < -0.4 is 10.7 Å². The van der Waals surface area contributed by atoms with Crippen molar-refractivity contribution in [3.8, 4) is 11.3 Å². The summed E-state index contributed by atoms with van der Waals surface area (Å²) in [6, 6.07) is 17.3. The average Bonchev–Trinajstić information content (AvgIpc) is 2.39. The first-order chi connectivity index (χ1) is 8.74. The molecule has 2 nitrogen and oxygen atoms in total. The van der Waals surface area contributed by atoms with Gasteiger partial charge in [-0.2, -0.15) is 0 Å². The molecule has 0 radical (unpaired) electrons. The second-order valence-electron chi connectivity index (χ2n) is 4.22. The highest BCUT2D eigenvalue weighted by Crippen LogP contribution is 2.17. The largest absolute Gasteiger partial charge is 0.354 e. The fourth-order valence-electron chi connectivity index (χ4n) is 2.04. The highest BCUT2D eigenvalue weighted by molar-refractivity contribution is 7.27. The van der Waals surface area contributed by atoms with Crippen molar-refractivity contribution in [1.29, 1.82) is 0 Å². The van der Waals surface area contributed by atoms with Gasteiger partial charge in [-0.15, -0.1) is 9.24 Å². The Morgan fingerprint density at radius 3 is 2.50 bits per heavy atom. The molecule has 1 N–H and O–H groups in total. The minimum Gasteiger partial charge on any atom is -0.354 e. The maximum Gasteiger partial charge on any atom is 0.190 e. The summed E-state index contributed by atoms with van der Waals surface area (Å²) in [5.74, 6) is 0. The van der Waals surface area contributed by atoms with Crippen LogP contribution in [0.1, 0.15) is 0 Å². The molecule has 3 heteroatoms. The van der Waals surface area contributed by atoms with E-state index in [1.54, 1.807) is 6.07 Å². The lowest BCUT2D eigenvalue weighted by Gasteiger charge is -2.05. The summed E-state index contributed by atoms with van der Waals surface area (Å²) >= 11 is 0. The Labute approximate surface area is 107 Å². The Morgan fingerprint density at radius 1 is 0.944 bits per heavy atom. The molecule has 1 atom stereocenters. The lowest BCUT2D eigenvalue weighted by atomic mass is 10.1. The van der Waals surface area contributed by atoms with E-state index in [2.05, 4.69) is 14.2 Å². The van der Waals surface area contributed by atoms with E-state index in [1.807, 2.05) is 48.5 Å². The van der Waals surface area contributed by atoms with Crippen LogP contribution in [0.25, 0.3) is 22.2 Å². The van der Waals surface area contributed by atoms with E-state index < -0.39 is 0 Å². The lowest BCUT2D eigenvalue weighted by molar-refractivity contribution is 1.38. The molecule has 88 valence electrons. The molecule has 0 aliphatic rings. The fraction of sp³-hybridized carbons (Fsp3) is 0. The van der Waals surface area contributed by atoms with Crippen LogP contribution in [0.4, 0.5) is 0 Å². The topological polar surface area (TPSA) is 32.9 Å². The molecule has 0 bridgehead atoms. The highest BCUT2D eigenvalue weighted by Gasteiger charge is 2.03. The van der Waals surface area contributed by atoms with Crippen LogP contribution in [0.2, 0.25) is 0 Å². The number of nitrogens with one attached hydrogen (secondary N) is 1. The maximum atomic E-state index is 12.1. The lowest BCUT2D eigenvalue weighted by Crippen LogP contribution is -2.04. The summed E-state index contributed by atoms with van der Waals surface area (Å²) in [5.41, 5.74) is 2.79. The Balaban J connectivity index is 2.30. The molecule has 18 heavy (non-hydrogen) atoms. The van der Waals surface area contributed by atoms with Crippen molar-refractivity contribution in [2.75, 3.05) is 0 Å². The number of hydrogen-bond donors (Lipinski definition) is 1. The molecule has 0 saturated heterocycles. The summed E-state index contributed by atoms with van der Waals surface area (Å²) in [6.07, 6.45) is 0. The van der Waals surface area contributed by atoms with Crippen molar-refractivity contribution in [2.45, 2.75) is 0 Å². The van der Waals surface area contributed by atoms with Gasteiger partial charge in [0.1, 0.15) is 0 Å². The third-order valence-electron chi connectivity index (χ3n) is 2.94. The van der Waals surface area contributed by atoms with Crippen LogP contribution in [0.5, 0.6) is 0 Å². The summed E-state index contributed by atoms with van der Waals surface area (Å²) < 4.78 is 0. The fourth-order valence-corrected chi connectivity index (χ4v) is 2.31.